The number of ether oxygens (including phenoxy) is 10. The molecule has 0 spiro atoms. The maximum Gasteiger partial charge on any atom is 0.334 e. The van der Waals surface area contributed by atoms with Gasteiger partial charge in [0, 0.05) is 50.6 Å². The lowest BCUT2D eigenvalue weighted by Gasteiger charge is -2.46. The highest BCUT2D eigenvalue weighted by Gasteiger charge is 2.48. The van der Waals surface area contributed by atoms with Crippen LogP contribution in [0.3, 0.4) is 0 Å². The van der Waals surface area contributed by atoms with Crippen molar-refractivity contribution in [3.05, 3.63) is 35.6 Å². The van der Waals surface area contributed by atoms with Gasteiger partial charge in [0.25, 0.3) is 6.48 Å². The normalized spacial score (nSPS) is 38.5. The van der Waals surface area contributed by atoms with E-state index in [2.05, 4.69) is 0 Å². The molecule has 5 N–H and O–H groups in total. The van der Waals surface area contributed by atoms with Crippen molar-refractivity contribution in [1.29, 1.82) is 0 Å². The molecule has 2 saturated heterocycles. The molecule has 18 heteroatoms. The predicted octanol–water partition coefficient (Wildman–Crippen LogP) is 3.53. The van der Waals surface area contributed by atoms with Gasteiger partial charge >= 0.3 is 5.97 Å². The minimum absolute atomic E-state index is 0.145. The highest BCUT2D eigenvalue weighted by Crippen LogP contribution is 2.36. The Morgan fingerprint density at radius 3 is 1.95 bits per heavy atom. The lowest BCUT2D eigenvalue weighted by Crippen LogP contribution is -2.63. The van der Waals surface area contributed by atoms with Crippen LogP contribution in [0, 0.1) is 23.7 Å². The number of rotatable bonds is 19. The van der Waals surface area contributed by atoms with E-state index in [1.165, 1.54) is 6.08 Å². The third-order valence-corrected chi connectivity index (χ3v) is 12.0. The van der Waals surface area contributed by atoms with Gasteiger partial charge in [0.05, 0.1) is 43.1 Å². The molecule has 0 radical (unpaired) electrons. The molecule has 64 heavy (non-hydrogen) atoms. The molecule has 3 aliphatic heterocycles. The summed E-state index contributed by atoms with van der Waals surface area (Å²) in [5.74, 6) is -4.19. The Morgan fingerprint density at radius 2 is 1.38 bits per heavy atom. The Bertz CT molecular complexity index is 1480. The number of nitrogens with zero attached hydrogens (tertiary/aromatic N) is 1. The van der Waals surface area contributed by atoms with Crippen LogP contribution in [0.5, 0.6) is 0 Å². The summed E-state index contributed by atoms with van der Waals surface area (Å²) in [6.45, 7) is 17.4. The molecule has 0 saturated carbocycles. The van der Waals surface area contributed by atoms with E-state index in [0.717, 1.165) is 6.08 Å². The third kappa shape index (κ3) is 15.9. The molecule has 3 aliphatic rings. The summed E-state index contributed by atoms with van der Waals surface area (Å²) in [6, 6.07) is -0.761. The summed E-state index contributed by atoms with van der Waals surface area (Å²) in [4.78, 5) is 29.4. The molecule has 0 aromatic rings. The number of cyclic esters (lactones) is 1. The molecule has 0 aromatic carbocycles. The fourth-order valence-corrected chi connectivity index (χ4v) is 8.41. The molecule has 16 atom stereocenters. The summed E-state index contributed by atoms with van der Waals surface area (Å²) < 4.78 is 59.5. The van der Waals surface area contributed by atoms with Crippen LogP contribution in [0.25, 0.3) is 0 Å². The number of aliphatic hydroxyl groups is 5. The molecule has 370 valence electrons. The first-order chi connectivity index (χ1) is 30.3. The first kappa shape index (κ1) is 55.9. The lowest BCUT2D eigenvalue weighted by molar-refractivity contribution is -0.363. The van der Waals surface area contributed by atoms with Gasteiger partial charge in [-0.3, -0.25) is 4.79 Å². The van der Waals surface area contributed by atoms with Crippen molar-refractivity contribution in [3.63, 3.8) is 0 Å². The van der Waals surface area contributed by atoms with E-state index in [1.807, 2.05) is 20.8 Å². The first-order valence-electron chi connectivity index (χ1n) is 22.9. The van der Waals surface area contributed by atoms with Crippen molar-refractivity contribution in [2.75, 3.05) is 47.1 Å². The quantitative estimate of drug-likeness (QED) is 0.0922. The number of aliphatic hydroxyl groups excluding tert-OH is 5. The van der Waals surface area contributed by atoms with Crippen molar-refractivity contribution >= 4 is 11.8 Å². The smallest absolute Gasteiger partial charge is 0.334 e. The monoisotopic (exact) mass is 918 g/mol. The zero-order valence-electron chi connectivity index (χ0n) is 39.9. The average molecular weight is 918 g/mol. The van der Waals surface area contributed by atoms with Gasteiger partial charge < -0.3 is 77.8 Å². The first-order valence-corrected chi connectivity index (χ1v) is 22.9. The number of likely N-dealkylation sites (N-methyl/N-ethyl adjacent to an activating group) is 1. The molecule has 3 rings (SSSR count). The Hall–Kier alpha value is -2.40. The van der Waals surface area contributed by atoms with Crippen LogP contribution < -0.4 is 0 Å². The molecule has 0 amide bonds. The summed E-state index contributed by atoms with van der Waals surface area (Å²) in [5.41, 5.74) is 0.648. The van der Waals surface area contributed by atoms with E-state index in [4.69, 9.17) is 47.4 Å². The Labute approximate surface area is 379 Å². The van der Waals surface area contributed by atoms with Crippen LogP contribution in [-0.2, 0) is 57.0 Å². The second-order valence-corrected chi connectivity index (χ2v) is 17.1. The van der Waals surface area contributed by atoms with Gasteiger partial charge in [-0.2, -0.15) is 0 Å². The second kappa shape index (κ2) is 27.4. The van der Waals surface area contributed by atoms with Crippen LogP contribution in [0.15, 0.2) is 35.6 Å². The summed E-state index contributed by atoms with van der Waals surface area (Å²) >= 11 is 0. The van der Waals surface area contributed by atoms with Gasteiger partial charge in [0.1, 0.15) is 36.3 Å². The van der Waals surface area contributed by atoms with Gasteiger partial charge in [-0.1, -0.05) is 38.5 Å². The van der Waals surface area contributed by atoms with E-state index in [-0.39, 0.29) is 44.2 Å². The topological polar surface area (TPSA) is 231 Å². The second-order valence-electron chi connectivity index (χ2n) is 17.1. The molecular weight excluding hydrogens is 838 g/mol. The molecule has 2 fully saturated rings. The van der Waals surface area contributed by atoms with Gasteiger partial charge in [-0.15, -0.1) is 0 Å². The molecule has 0 aromatic heterocycles. The minimum atomic E-state index is -1.48. The number of esters is 1. The Kier molecular flexibility index (Phi) is 24.0. The van der Waals surface area contributed by atoms with E-state index in [0.29, 0.717) is 25.2 Å². The summed E-state index contributed by atoms with van der Waals surface area (Å²) in [5, 5.41) is 56.5. The number of carbonyl (C=O) groups excluding carboxylic acids is 2. The average Bonchev–Trinajstić information content (AvgIpc) is 3.23. The maximum absolute atomic E-state index is 13.9. The van der Waals surface area contributed by atoms with Crippen LogP contribution in [0.1, 0.15) is 88.5 Å². The molecular formula is C46H79NO17. The van der Waals surface area contributed by atoms with Gasteiger partial charge in [-0.25, -0.2) is 4.79 Å². The van der Waals surface area contributed by atoms with E-state index >= 15 is 0 Å². The lowest BCUT2D eigenvalue weighted by atomic mass is 9.80. The number of ketones is 1. The van der Waals surface area contributed by atoms with Crippen LogP contribution in [0.4, 0.5) is 0 Å². The van der Waals surface area contributed by atoms with Crippen LogP contribution >= 0.6 is 0 Å². The Balaban J connectivity index is 2.05. The zero-order valence-corrected chi connectivity index (χ0v) is 39.9. The number of hydrogen-bond acceptors (Lipinski definition) is 18. The fraction of sp³-hybridized carbons (Fsp3) is 0.826. The van der Waals surface area contributed by atoms with E-state index in [9.17, 15) is 35.1 Å². The molecule has 0 aliphatic carbocycles. The molecule has 18 nitrogen and oxygen atoms in total. The summed E-state index contributed by atoms with van der Waals surface area (Å²) in [7, 11) is 3.45. The molecule has 3 heterocycles. The highest BCUT2D eigenvalue weighted by molar-refractivity contribution is 5.91. The molecule has 0 unspecified atom stereocenters. The van der Waals surface area contributed by atoms with Crippen molar-refractivity contribution < 1.29 is 82.5 Å². The van der Waals surface area contributed by atoms with E-state index < -0.39 is 116 Å². The minimum Gasteiger partial charge on any atom is -0.512 e. The fourth-order valence-electron chi connectivity index (χ4n) is 8.41. The van der Waals surface area contributed by atoms with E-state index in [1.54, 1.807) is 79.6 Å². The predicted molar refractivity (Wildman–Crippen MR) is 233 cm³/mol. The number of hydrogen-bond donors (Lipinski definition) is 5. The summed E-state index contributed by atoms with van der Waals surface area (Å²) in [6.07, 6.45) is -6.30. The standard InChI is InChI=1S/C46H79NO17/c1-13-34-31(24-59-44-41(54)43(39(52)29(10)60-44)64-46(57-16-4)58-17-5)20-25(6)18-19-32(48)26(7)21-30(22-36(55-14-2)56-15-3)42(27(8)33(49)23-35(50)62-34)63-45-40(53)37(47(11)12)38(51)28(9)61-45/h18-20,23,26-31,34,36-46,49,51-54H,13-17,21-22,24H2,1-12H3/b19-18+,25-20+,33-23-/t26-,27+,28-,29-,30-,31-,34-,37+,38-,39-,40-,41-,42-,43-,44-,45+/m1/s1. The number of carbonyl (C=O) groups is 2. The van der Waals surface area contributed by atoms with Crippen molar-refractivity contribution in [3.8, 4) is 0 Å². The van der Waals surface area contributed by atoms with Crippen LogP contribution in [0.2, 0.25) is 0 Å². The zero-order chi connectivity index (χ0) is 47.8. The van der Waals surface area contributed by atoms with Crippen molar-refractivity contribution in [2.24, 2.45) is 23.7 Å². The maximum atomic E-state index is 13.9. The van der Waals surface area contributed by atoms with Gasteiger partial charge in [0.15, 0.2) is 24.7 Å². The van der Waals surface area contributed by atoms with Crippen LogP contribution in [-0.4, -0.2) is 176 Å². The highest BCUT2D eigenvalue weighted by atomic mass is 16.9. The SMILES string of the molecule is CCOC(C[C@H]1C[C@@H](C)C(=O)/C=C/C(C)=C/[C@H](CO[C@@H]2O[C@H](C)[C@@H](O)[C@@H](OC(OCC)OCC)[C@H]2O)[C@@H](CC)OC(=O)/C=C(\O)[C@H](C)[C@H]1O[C@@H]1O[C@H](C)[C@@H](O)[C@H](N(C)C)[C@H]1O)OCC. The molecule has 0 bridgehead atoms. The van der Waals surface area contributed by atoms with Crippen molar-refractivity contribution in [2.45, 2.75) is 175 Å². The third-order valence-electron chi connectivity index (χ3n) is 12.0. The van der Waals surface area contributed by atoms with Gasteiger partial charge in [-0.05, 0) is 87.4 Å². The Morgan fingerprint density at radius 1 is 0.781 bits per heavy atom. The van der Waals surface area contributed by atoms with Crippen molar-refractivity contribution in [1.82, 2.24) is 4.90 Å². The van der Waals surface area contributed by atoms with Gasteiger partial charge in [0.2, 0.25) is 0 Å². The number of allylic oxidation sites excluding steroid dienone is 3. The largest absolute Gasteiger partial charge is 0.512 e.